The zero-order valence-electron chi connectivity index (χ0n) is 8.22. The van der Waals surface area contributed by atoms with Gasteiger partial charge >= 0.3 is 5.97 Å². The number of piperidine rings is 1. The van der Waals surface area contributed by atoms with E-state index in [-0.39, 0.29) is 11.8 Å². The molecule has 1 fully saturated rings. The summed E-state index contributed by atoms with van der Waals surface area (Å²) in [7, 11) is 0. The molecule has 0 aliphatic carbocycles. The topological polar surface area (TPSA) is 92.6 Å². The van der Waals surface area contributed by atoms with E-state index in [1.807, 2.05) is 4.90 Å². The minimum absolute atomic E-state index is 0.110. The minimum Gasteiger partial charge on any atom is -0.475 e. The van der Waals surface area contributed by atoms with Crippen LogP contribution in [0.4, 0.5) is 6.01 Å². The predicted octanol–water partition coefficient (Wildman–Crippen LogP) is 0.300. The molecule has 1 aromatic heterocycles. The highest BCUT2D eigenvalue weighted by Gasteiger charge is 2.21. The van der Waals surface area contributed by atoms with Crippen molar-refractivity contribution >= 4 is 12.0 Å². The fourth-order valence-electron chi connectivity index (χ4n) is 1.69. The van der Waals surface area contributed by atoms with Crippen LogP contribution in [-0.2, 0) is 0 Å². The molecule has 15 heavy (non-hydrogen) atoms. The molecule has 6 heteroatoms. The summed E-state index contributed by atoms with van der Waals surface area (Å²) in [4.78, 5) is 16.4. The summed E-state index contributed by atoms with van der Waals surface area (Å²) in [5, 5.41) is 8.67. The molecule has 1 saturated heterocycles. The van der Waals surface area contributed by atoms with Crippen molar-refractivity contribution in [1.29, 1.82) is 0 Å². The Labute approximate surface area is 86.7 Å². The van der Waals surface area contributed by atoms with Crippen LogP contribution in [0, 0.1) is 0 Å². The number of carboxylic acids is 1. The molecule has 1 aliphatic rings. The molecule has 6 nitrogen and oxygen atoms in total. The van der Waals surface area contributed by atoms with Gasteiger partial charge in [-0.3, -0.25) is 0 Å². The van der Waals surface area contributed by atoms with E-state index in [4.69, 9.17) is 15.3 Å². The van der Waals surface area contributed by atoms with Gasteiger partial charge in [0.1, 0.15) is 0 Å². The van der Waals surface area contributed by atoms with Gasteiger partial charge in [-0.1, -0.05) is 0 Å². The molecule has 1 unspecified atom stereocenters. The first-order chi connectivity index (χ1) is 7.16. The molecule has 2 rings (SSSR count). The molecular formula is C9H13N3O3. The summed E-state index contributed by atoms with van der Waals surface area (Å²) in [6, 6.07) is 0.460. The largest absolute Gasteiger partial charge is 0.475 e. The molecular weight excluding hydrogens is 198 g/mol. The van der Waals surface area contributed by atoms with Crippen molar-refractivity contribution in [3.05, 3.63) is 12.0 Å². The molecule has 1 atom stereocenters. The Morgan fingerprint density at radius 1 is 1.73 bits per heavy atom. The average Bonchev–Trinajstić information content (AvgIpc) is 2.66. The molecule has 82 valence electrons. The quantitative estimate of drug-likeness (QED) is 0.730. The van der Waals surface area contributed by atoms with Crippen LogP contribution in [0.5, 0.6) is 0 Å². The van der Waals surface area contributed by atoms with E-state index in [1.54, 1.807) is 0 Å². The van der Waals surface area contributed by atoms with Gasteiger partial charge in [-0.25, -0.2) is 9.78 Å². The number of rotatable bonds is 2. The standard InChI is InChI=1S/C9H13N3O3/c10-6-2-1-3-12(5-6)9-11-4-7(15-9)8(13)14/h4,6H,1-3,5,10H2,(H,13,14). The van der Waals surface area contributed by atoms with E-state index in [9.17, 15) is 4.79 Å². The summed E-state index contributed by atoms with van der Waals surface area (Å²) in [6.45, 7) is 1.48. The SMILES string of the molecule is NC1CCCN(c2ncc(C(=O)O)o2)C1. The molecule has 1 aliphatic heterocycles. The zero-order chi connectivity index (χ0) is 10.8. The average molecular weight is 211 g/mol. The number of hydrogen-bond acceptors (Lipinski definition) is 5. The molecule has 0 aromatic carbocycles. The first kappa shape index (κ1) is 9.97. The lowest BCUT2D eigenvalue weighted by molar-refractivity contribution is 0.0663. The van der Waals surface area contributed by atoms with Gasteiger partial charge in [0.25, 0.3) is 6.01 Å². The Kier molecular flexibility index (Phi) is 2.59. The third-order valence-corrected chi connectivity index (χ3v) is 2.43. The van der Waals surface area contributed by atoms with Crippen molar-refractivity contribution in [2.75, 3.05) is 18.0 Å². The molecule has 0 bridgehead atoms. The summed E-state index contributed by atoms with van der Waals surface area (Å²) >= 11 is 0. The van der Waals surface area contributed by atoms with Crippen LogP contribution in [-0.4, -0.2) is 35.2 Å². The van der Waals surface area contributed by atoms with Crippen molar-refractivity contribution in [2.24, 2.45) is 5.73 Å². The van der Waals surface area contributed by atoms with E-state index in [0.29, 0.717) is 12.6 Å². The number of oxazole rings is 1. The van der Waals surface area contributed by atoms with Crippen LogP contribution < -0.4 is 10.6 Å². The van der Waals surface area contributed by atoms with Gasteiger partial charge in [-0.15, -0.1) is 0 Å². The van der Waals surface area contributed by atoms with Crippen molar-refractivity contribution < 1.29 is 14.3 Å². The highest BCUT2D eigenvalue weighted by atomic mass is 16.4. The number of nitrogens with zero attached hydrogens (tertiary/aromatic N) is 2. The zero-order valence-corrected chi connectivity index (χ0v) is 8.22. The lowest BCUT2D eigenvalue weighted by Gasteiger charge is -2.29. The van der Waals surface area contributed by atoms with Gasteiger partial charge in [-0.2, -0.15) is 0 Å². The molecule has 0 spiro atoms. The van der Waals surface area contributed by atoms with Crippen LogP contribution >= 0.6 is 0 Å². The van der Waals surface area contributed by atoms with Crippen LogP contribution in [0.2, 0.25) is 0 Å². The first-order valence-electron chi connectivity index (χ1n) is 4.86. The predicted molar refractivity (Wildman–Crippen MR) is 52.9 cm³/mol. The van der Waals surface area contributed by atoms with Crippen LogP contribution in [0.3, 0.4) is 0 Å². The number of aromatic carboxylic acids is 1. The summed E-state index contributed by atoms with van der Waals surface area (Å²) < 4.78 is 5.09. The minimum atomic E-state index is -1.10. The van der Waals surface area contributed by atoms with Gasteiger partial charge in [0, 0.05) is 19.1 Å². The Balaban J connectivity index is 2.11. The van der Waals surface area contributed by atoms with E-state index in [0.717, 1.165) is 19.4 Å². The monoisotopic (exact) mass is 211 g/mol. The molecule has 0 saturated carbocycles. The molecule has 0 radical (unpaired) electrons. The summed E-state index contributed by atoms with van der Waals surface area (Å²) in [5.41, 5.74) is 5.80. The molecule has 0 amide bonds. The summed E-state index contributed by atoms with van der Waals surface area (Å²) in [6.07, 6.45) is 3.19. The van der Waals surface area contributed by atoms with Crippen LogP contribution in [0.1, 0.15) is 23.4 Å². The Morgan fingerprint density at radius 3 is 3.13 bits per heavy atom. The van der Waals surface area contributed by atoms with E-state index in [1.165, 1.54) is 6.20 Å². The Bertz CT molecular complexity index is 363. The third kappa shape index (κ3) is 2.10. The second kappa shape index (κ2) is 3.90. The fourth-order valence-corrected chi connectivity index (χ4v) is 1.69. The second-order valence-electron chi connectivity index (χ2n) is 3.66. The lowest BCUT2D eigenvalue weighted by Crippen LogP contribution is -2.42. The smallest absolute Gasteiger partial charge is 0.373 e. The normalized spacial score (nSPS) is 21.7. The molecule has 1 aromatic rings. The number of aromatic nitrogens is 1. The maximum absolute atomic E-state index is 10.6. The van der Waals surface area contributed by atoms with Crippen molar-refractivity contribution in [1.82, 2.24) is 4.98 Å². The van der Waals surface area contributed by atoms with Gasteiger partial charge in [0.2, 0.25) is 5.76 Å². The lowest BCUT2D eigenvalue weighted by atomic mass is 10.1. The van der Waals surface area contributed by atoms with Crippen molar-refractivity contribution in [3.63, 3.8) is 0 Å². The Morgan fingerprint density at radius 2 is 2.53 bits per heavy atom. The van der Waals surface area contributed by atoms with E-state index < -0.39 is 5.97 Å². The van der Waals surface area contributed by atoms with E-state index in [2.05, 4.69) is 4.98 Å². The number of anilines is 1. The first-order valence-corrected chi connectivity index (χ1v) is 4.86. The van der Waals surface area contributed by atoms with Crippen molar-refractivity contribution in [2.45, 2.75) is 18.9 Å². The molecule has 2 heterocycles. The number of hydrogen-bond donors (Lipinski definition) is 2. The maximum atomic E-state index is 10.6. The number of carboxylic acid groups (broad SMARTS) is 1. The fraction of sp³-hybridized carbons (Fsp3) is 0.556. The Hall–Kier alpha value is -1.56. The number of nitrogens with two attached hydrogens (primary N) is 1. The van der Waals surface area contributed by atoms with Gasteiger partial charge in [0.15, 0.2) is 0 Å². The van der Waals surface area contributed by atoms with E-state index >= 15 is 0 Å². The highest BCUT2D eigenvalue weighted by molar-refractivity contribution is 5.84. The van der Waals surface area contributed by atoms with Crippen LogP contribution in [0.15, 0.2) is 10.6 Å². The highest BCUT2D eigenvalue weighted by Crippen LogP contribution is 2.18. The second-order valence-corrected chi connectivity index (χ2v) is 3.66. The van der Waals surface area contributed by atoms with Crippen LogP contribution in [0.25, 0.3) is 0 Å². The molecule has 3 N–H and O–H groups in total. The van der Waals surface area contributed by atoms with Gasteiger partial charge in [-0.05, 0) is 12.8 Å². The summed E-state index contributed by atoms with van der Waals surface area (Å²) in [5.74, 6) is -1.24. The van der Waals surface area contributed by atoms with Crippen molar-refractivity contribution in [3.8, 4) is 0 Å². The third-order valence-electron chi connectivity index (χ3n) is 2.43. The van der Waals surface area contributed by atoms with Gasteiger partial charge in [0.05, 0.1) is 6.20 Å². The van der Waals surface area contributed by atoms with Gasteiger partial charge < -0.3 is 20.2 Å². The maximum Gasteiger partial charge on any atom is 0.373 e. The number of carbonyl (C=O) groups is 1.